The van der Waals surface area contributed by atoms with Crippen LogP contribution in [0.25, 0.3) is 0 Å². The van der Waals surface area contributed by atoms with Crippen molar-refractivity contribution in [1.82, 2.24) is 0 Å². The number of hydrogen-bond donors (Lipinski definition) is 0. The molecule has 2 atom stereocenters. The van der Waals surface area contributed by atoms with Crippen LogP contribution in [0.3, 0.4) is 0 Å². The molecule has 0 saturated heterocycles. The van der Waals surface area contributed by atoms with Gasteiger partial charge in [-0.2, -0.15) is 0 Å². The van der Waals surface area contributed by atoms with Gasteiger partial charge < -0.3 is 27.9 Å². The summed E-state index contributed by atoms with van der Waals surface area (Å²) in [6.07, 6.45) is 84.7. The fraction of sp³-hybridized carbons (Fsp3) is 0.618. The normalized spacial score (nSPS) is 14.3. The molecule has 0 spiro atoms. The average molecular weight is 1100 g/mol. The molecule has 10 heteroatoms. The van der Waals surface area contributed by atoms with Gasteiger partial charge in [0.2, 0.25) is 0 Å². The molecular weight excluding hydrogens is 990 g/mol. The second kappa shape index (κ2) is 57.6. The summed E-state index contributed by atoms with van der Waals surface area (Å²) in [5.74, 6) is -0.861. The molecule has 0 fully saturated rings. The molecule has 442 valence electrons. The van der Waals surface area contributed by atoms with Crippen LogP contribution in [0, 0.1) is 0 Å². The molecule has 0 N–H and O–H groups in total. The van der Waals surface area contributed by atoms with Crippen LogP contribution >= 0.6 is 7.82 Å². The lowest BCUT2D eigenvalue weighted by Gasteiger charge is -2.28. The fourth-order valence-electron chi connectivity index (χ4n) is 7.72. The minimum atomic E-state index is -4.65. The van der Waals surface area contributed by atoms with E-state index in [1.54, 1.807) is 0 Å². The van der Waals surface area contributed by atoms with Crippen molar-refractivity contribution in [2.75, 3.05) is 47.5 Å². The van der Waals surface area contributed by atoms with E-state index in [0.717, 1.165) is 128 Å². The van der Waals surface area contributed by atoms with Crippen LogP contribution in [0.4, 0.5) is 0 Å². The molecule has 0 aromatic heterocycles. The van der Waals surface area contributed by atoms with Crippen LogP contribution in [-0.4, -0.2) is 70.0 Å². The molecule has 0 heterocycles. The predicted molar refractivity (Wildman–Crippen MR) is 332 cm³/mol. The summed E-state index contributed by atoms with van der Waals surface area (Å²) in [5.41, 5.74) is 0. The van der Waals surface area contributed by atoms with E-state index in [4.69, 9.17) is 18.5 Å². The molecule has 0 amide bonds. The van der Waals surface area contributed by atoms with Crippen molar-refractivity contribution < 1.29 is 42.1 Å². The molecule has 0 bridgehead atoms. The summed E-state index contributed by atoms with van der Waals surface area (Å²) in [6, 6.07) is 0. The first kappa shape index (κ1) is 73.9. The van der Waals surface area contributed by atoms with Crippen molar-refractivity contribution in [3.05, 3.63) is 146 Å². The monoisotopic (exact) mass is 1100 g/mol. The Labute approximate surface area is 478 Å². The largest absolute Gasteiger partial charge is 0.756 e. The zero-order valence-corrected chi connectivity index (χ0v) is 50.9. The molecule has 0 saturated carbocycles. The van der Waals surface area contributed by atoms with Gasteiger partial charge in [0.15, 0.2) is 6.10 Å². The maximum Gasteiger partial charge on any atom is 0.306 e. The Bertz CT molecular complexity index is 1820. The van der Waals surface area contributed by atoms with E-state index in [2.05, 4.69) is 160 Å². The topological polar surface area (TPSA) is 111 Å². The lowest BCUT2D eigenvalue weighted by atomic mass is 10.1. The van der Waals surface area contributed by atoms with Crippen LogP contribution in [0.5, 0.6) is 0 Å². The summed E-state index contributed by atoms with van der Waals surface area (Å²) < 4.78 is 34.1. The number of esters is 2. The summed E-state index contributed by atoms with van der Waals surface area (Å²) in [5, 5.41) is 0. The third-order valence-electron chi connectivity index (χ3n) is 12.4. The number of carbonyl (C=O) groups is 2. The Morgan fingerprint density at radius 1 is 0.397 bits per heavy atom. The van der Waals surface area contributed by atoms with E-state index < -0.39 is 32.5 Å². The number of likely N-dealkylation sites (N-methyl/N-ethyl adjacent to an activating group) is 1. The number of nitrogens with zero attached hydrogens (tertiary/aromatic N) is 1. The third-order valence-corrected chi connectivity index (χ3v) is 13.3. The molecule has 0 radical (unpaired) electrons. The third kappa shape index (κ3) is 61.1. The number of hydrogen-bond acceptors (Lipinski definition) is 8. The van der Waals surface area contributed by atoms with Gasteiger partial charge in [0.25, 0.3) is 7.82 Å². The number of phosphoric ester groups is 1. The van der Waals surface area contributed by atoms with Crippen molar-refractivity contribution in [3.8, 4) is 0 Å². The van der Waals surface area contributed by atoms with Crippen molar-refractivity contribution in [3.63, 3.8) is 0 Å². The summed E-state index contributed by atoms with van der Waals surface area (Å²) in [6.45, 7) is 3.98. The van der Waals surface area contributed by atoms with Crippen molar-refractivity contribution in [2.45, 2.75) is 225 Å². The van der Waals surface area contributed by atoms with Crippen molar-refractivity contribution in [1.29, 1.82) is 0 Å². The molecule has 2 unspecified atom stereocenters. The maximum atomic E-state index is 12.8. The number of unbranched alkanes of at least 4 members (excludes halogenated alkanes) is 16. The van der Waals surface area contributed by atoms with Gasteiger partial charge in [0.05, 0.1) is 27.7 Å². The highest BCUT2D eigenvalue weighted by atomic mass is 31.2. The van der Waals surface area contributed by atoms with Gasteiger partial charge in [-0.15, -0.1) is 0 Å². The number of rotatable bonds is 54. The SMILES string of the molecule is CC/C=C\C/C=C\C/C=C\C/C=C\C/C=C\C/C=C\C/C=C\C/C=C\C/C=C\CCCCCCCCCCCC(=O)OC(COC(=O)CCCCCCCCC/C=C\C/C=C\C/C=C\CC)COP(=O)([O-])OCC[N+](C)(C)C. The average Bonchev–Trinajstić information content (AvgIpc) is 3.41. The Morgan fingerprint density at radius 3 is 1.03 bits per heavy atom. The van der Waals surface area contributed by atoms with Gasteiger partial charge in [-0.25, -0.2) is 0 Å². The zero-order chi connectivity index (χ0) is 57.0. The van der Waals surface area contributed by atoms with Gasteiger partial charge >= 0.3 is 11.9 Å². The van der Waals surface area contributed by atoms with E-state index >= 15 is 0 Å². The minimum absolute atomic E-state index is 0.0414. The van der Waals surface area contributed by atoms with Crippen LogP contribution < -0.4 is 4.89 Å². The second-order valence-corrected chi connectivity index (χ2v) is 22.4. The summed E-state index contributed by atoms with van der Waals surface area (Å²) in [7, 11) is 1.14. The molecule has 9 nitrogen and oxygen atoms in total. The molecule has 0 aromatic rings. The predicted octanol–water partition coefficient (Wildman–Crippen LogP) is 18.8. The smallest absolute Gasteiger partial charge is 0.306 e. The first-order valence-electron chi connectivity index (χ1n) is 30.5. The number of quaternary nitrogens is 1. The Morgan fingerprint density at radius 2 is 0.692 bits per heavy atom. The maximum absolute atomic E-state index is 12.8. The van der Waals surface area contributed by atoms with Gasteiger partial charge in [0.1, 0.15) is 19.8 Å². The van der Waals surface area contributed by atoms with E-state index in [9.17, 15) is 19.0 Å². The minimum Gasteiger partial charge on any atom is -0.756 e. The Balaban J connectivity index is 4.15. The van der Waals surface area contributed by atoms with Gasteiger partial charge in [-0.05, 0) is 116 Å². The number of phosphoric acid groups is 1. The van der Waals surface area contributed by atoms with E-state index in [1.807, 2.05) is 21.1 Å². The van der Waals surface area contributed by atoms with Crippen LogP contribution in [-0.2, 0) is 32.7 Å². The molecular formula is C68H112NO8P. The number of ether oxygens (including phenoxy) is 2. The quantitative estimate of drug-likeness (QED) is 0.0195. The molecule has 78 heavy (non-hydrogen) atoms. The fourth-order valence-corrected chi connectivity index (χ4v) is 8.45. The molecule has 0 rings (SSSR count). The van der Waals surface area contributed by atoms with E-state index in [0.29, 0.717) is 23.9 Å². The summed E-state index contributed by atoms with van der Waals surface area (Å²) >= 11 is 0. The van der Waals surface area contributed by atoms with Gasteiger partial charge in [0, 0.05) is 12.8 Å². The Hall–Kier alpha value is -4.11. The first-order valence-corrected chi connectivity index (χ1v) is 32.0. The summed E-state index contributed by atoms with van der Waals surface area (Å²) in [4.78, 5) is 37.9. The molecule has 0 aromatic carbocycles. The van der Waals surface area contributed by atoms with Crippen molar-refractivity contribution >= 4 is 19.8 Å². The highest BCUT2D eigenvalue weighted by molar-refractivity contribution is 7.45. The molecule has 0 aliphatic heterocycles. The van der Waals surface area contributed by atoms with Gasteiger partial charge in [-0.3, -0.25) is 14.2 Å². The standard InChI is InChI=1S/C68H112NO8P/c1-6-8-10-12-14-16-18-20-22-24-25-26-27-28-29-30-31-32-33-34-35-36-37-38-39-40-41-42-43-45-47-49-51-53-55-57-59-61-68(71)77-66(65-76-78(72,73)75-63-62-69(3,4)5)64-74-67(70)60-58-56-54-52-50-48-46-44-23-21-19-17-15-13-11-9-7-2/h8-11,14-17,20-23,25-26,28-29,31-32,34-35,37-38,40-41,66H,6-7,12-13,18-19,24,27,30,33,36,39,42-65H2,1-5H3/b10-8-,11-9-,16-14-,17-15-,22-20-,23-21-,26-25-,29-28-,32-31-,35-34-,38-37-,41-40-. The molecule has 0 aliphatic carbocycles. The van der Waals surface area contributed by atoms with Crippen LogP contribution in [0.2, 0.25) is 0 Å². The van der Waals surface area contributed by atoms with Gasteiger partial charge in [-0.1, -0.05) is 237 Å². The highest BCUT2D eigenvalue weighted by Crippen LogP contribution is 2.38. The number of carbonyl (C=O) groups excluding carboxylic acids is 2. The zero-order valence-electron chi connectivity index (χ0n) is 50.1. The van der Waals surface area contributed by atoms with Crippen molar-refractivity contribution in [2.24, 2.45) is 0 Å². The van der Waals surface area contributed by atoms with E-state index in [-0.39, 0.29) is 26.1 Å². The first-order chi connectivity index (χ1) is 38.0. The highest BCUT2D eigenvalue weighted by Gasteiger charge is 2.22. The molecule has 0 aliphatic rings. The van der Waals surface area contributed by atoms with Crippen LogP contribution in [0.1, 0.15) is 219 Å². The van der Waals surface area contributed by atoms with Crippen LogP contribution in [0.15, 0.2) is 146 Å². The van der Waals surface area contributed by atoms with E-state index in [1.165, 1.54) is 51.4 Å². The Kier molecular flexibility index (Phi) is 54.5. The lowest BCUT2D eigenvalue weighted by Crippen LogP contribution is -2.37. The number of allylic oxidation sites excluding steroid dienone is 24. The lowest BCUT2D eigenvalue weighted by molar-refractivity contribution is -0.870. The second-order valence-electron chi connectivity index (χ2n) is 20.9.